The summed E-state index contributed by atoms with van der Waals surface area (Å²) in [4.78, 5) is 56.0. The zero-order valence-corrected chi connectivity index (χ0v) is 25.1. The molecular formula is C33H34F3N5O5. The number of carbonyl (C=O) groups excluding carboxylic acids is 4. The van der Waals surface area contributed by atoms with E-state index >= 15 is 0 Å². The van der Waals surface area contributed by atoms with Crippen molar-refractivity contribution in [3.63, 3.8) is 0 Å². The van der Waals surface area contributed by atoms with Crippen LogP contribution < -0.4 is 10.1 Å². The maximum absolute atomic E-state index is 13.6. The first kappa shape index (κ1) is 31.5. The van der Waals surface area contributed by atoms with E-state index in [0.717, 1.165) is 25.1 Å². The lowest BCUT2D eigenvalue weighted by atomic mass is 9.74. The average molecular weight is 638 g/mol. The van der Waals surface area contributed by atoms with Gasteiger partial charge in [-0.1, -0.05) is 18.2 Å². The number of rotatable bonds is 7. The highest BCUT2D eigenvalue weighted by molar-refractivity contribution is 6.05. The van der Waals surface area contributed by atoms with Crippen LogP contribution in [0.1, 0.15) is 65.6 Å². The van der Waals surface area contributed by atoms with Gasteiger partial charge in [-0.3, -0.25) is 29.4 Å². The van der Waals surface area contributed by atoms with Crippen molar-refractivity contribution in [2.24, 2.45) is 0 Å². The second-order valence-electron chi connectivity index (χ2n) is 12.3. The quantitative estimate of drug-likeness (QED) is 0.462. The molecule has 2 unspecified atom stereocenters. The Labute approximate surface area is 264 Å². The Kier molecular flexibility index (Phi) is 8.50. The van der Waals surface area contributed by atoms with Gasteiger partial charge >= 0.3 is 6.18 Å². The van der Waals surface area contributed by atoms with Crippen molar-refractivity contribution >= 4 is 23.6 Å². The third-order valence-corrected chi connectivity index (χ3v) is 9.73. The molecule has 6 rings (SSSR count). The first-order valence-corrected chi connectivity index (χ1v) is 15.5. The van der Waals surface area contributed by atoms with Crippen molar-refractivity contribution in [3.05, 3.63) is 64.7 Å². The Morgan fingerprint density at radius 3 is 2.46 bits per heavy atom. The Morgan fingerprint density at radius 1 is 1.04 bits per heavy atom. The zero-order chi connectivity index (χ0) is 32.6. The molecule has 1 N–H and O–H groups in total. The lowest BCUT2D eigenvalue weighted by Crippen LogP contribution is -2.52. The number of fused-ring (bicyclic) bond motifs is 1. The fraction of sp³-hybridized carbons (Fsp3) is 0.485. The number of ether oxygens (including phenoxy) is 1. The molecule has 10 nitrogen and oxygen atoms in total. The van der Waals surface area contributed by atoms with Crippen LogP contribution in [0.2, 0.25) is 0 Å². The highest BCUT2D eigenvalue weighted by Crippen LogP contribution is 2.38. The molecular weight excluding hydrogens is 603 g/mol. The summed E-state index contributed by atoms with van der Waals surface area (Å²) >= 11 is 0. The van der Waals surface area contributed by atoms with Gasteiger partial charge in [-0.25, -0.2) is 0 Å². The largest absolute Gasteiger partial charge is 0.492 e. The maximum Gasteiger partial charge on any atom is 0.416 e. The van der Waals surface area contributed by atoms with E-state index < -0.39 is 29.1 Å². The van der Waals surface area contributed by atoms with Gasteiger partial charge in [0.2, 0.25) is 17.7 Å². The van der Waals surface area contributed by atoms with Gasteiger partial charge in [-0.05, 0) is 68.5 Å². The minimum atomic E-state index is -4.45. The molecule has 46 heavy (non-hydrogen) atoms. The highest BCUT2D eigenvalue weighted by atomic mass is 19.4. The SMILES string of the molecule is N#CC1(c2ccc(C(F)(F)F)cc2)CCN(C(=O)C2CCCN2CCOc2cccc3c2CN(C2CCC(=O)NC2=O)C3=O)CC1. The van der Waals surface area contributed by atoms with Crippen molar-refractivity contribution in [1.29, 1.82) is 5.26 Å². The van der Waals surface area contributed by atoms with Crippen molar-refractivity contribution in [2.45, 2.75) is 68.7 Å². The van der Waals surface area contributed by atoms with E-state index in [-0.39, 0.29) is 49.8 Å². The molecule has 4 heterocycles. The Bertz CT molecular complexity index is 1580. The molecule has 2 aromatic carbocycles. The summed E-state index contributed by atoms with van der Waals surface area (Å²) < 4.78 is 45.2. The molecule has 242 valence electrons. The van der Waals surface area contributed by atoms with Crippen LogP contribution in [-0.2, 0) is 32.5 Å². The van der Waals surface area contributed by atoms with Crippen LogP contribution in [0.4, 0.5) is 13.2 Å². The summed E-state index contributed by atoms with van der Waals surface area (Å²) in [5.74, 6) is -0.587. The van der Waals surface area contributed by atoms with E-state index in [9.17, 15) is 37.6 Å². The minimum absolute atomic E-state index is 0.0254. The van der Waals surface area contributed by atoms with Gasteiger partial charge in [0, 0.05) is 37.2 Å². The number of nitriles is 1. The van der Waals surface area contributed by atoms with Gasteiger partial charge in [-0.2, -0.15) is 18.4 Å². The van der Waals surface area contributed by atoms with Crippen LogP contribution in [-0.4, -0.2) is 83.2 Å². The van der Waals surface area contributed by atoms with Crippen molar-refractivity contribution in [1.82, 2.24) is 20.0 Å². The topological polar surface area (TPSA) is 123 Å². The van der Waals surface area contributed by atoms with E-state index in [1.807, 2.05) is 0 Å². The number of amides is 4. The number of nitrogens with one attached hydrogen (secondary N) is 1. The molecule has 2 atom stereocenters. The molecule has 4 aliphatic rings. The van der Waals surface area contributed by atoms with Gasteiger partial charge in [0.25, 0.3) is 5.91 Å². The van der Waals surface area contributed by atoms with Crippen molar-refractivity contribution in [2.75, 3.05) is 32.8 Å². The number of likely N-dealkylation sites (tertiary alicyclic amines) is 2. The lowest BCUT2D eigenvalue weighted by molar-refractivity contribution is -0.138. The first-order chi connectivity index (χ1) is 22.0. The van der Waals surface area contributed by atoms with E-state index in [1.165, 1.54) is 17.0 Å². The number of benzene rings is 2. The number of carbonyl (C=O) groups is 4. The Hall–Kier alpha value is -4.44. The lowest BCUT2D eigenvalue weighted by Gasteiger charge is -2.39. The standard InChI is InChI=1S/C33H34F3N5O5/c34-33(35,36)22-8-6-21(7-9-22)32(20-37)12-15-40(16-13-32)31(45)26-4-2-14-39(26)17-18-46-27-5-1-3-23-24(27)19-41(30(23)44)25-10-11-28(42)38-29(25)43/h1,3,5-9,25-26H,2,4,10-19H2,(H,38,42,43). The Balaban J connectivity index is 1.04. The summed E-state index contributed by atoms with van der Waals surface area (Å²) in [6.07, 6.45) is -1.80. The molecule has 13 heteroatoms. The third-order valence-electron chi connectivity index (χ3n) is 9.73. The summed E-state index contributed by atoms with van der Waals surface area (Å²) in [5, 5.41) is 12.3. The van der Waals surface area contributed by atoms with Crippen LogP contribution in [0, 0.1) is 11.3 Å². The second kappa shape index (κ2) is 12.4. The number of nitrogens with zero attached hydrogens (tertiary/aromatic N) is 4. The zero-order valence-electron chi connectivity index (χ0n) is 25.1. The highest BCUT2D eigenvalue weighted by Gasteiger charge is 2.42. The smallest absolute Gasteiger partial charge is 0.416 e. The summed E-state index contributed by atoms with van der Waals surface area (Å²) in [6.45, 7) is 2.35. The number of imide groups is 1. The van der Waals surface area contributed by atoms with Crippen LogP contribution in [0.5, 0.6) is 5.75 Å². The second-order valence-corrected chi connectivity index (χ2v) is 12.3. The summed E-state index contributed by atoms with van der Waals surface area (Å²) in [7, 11) is 0. The molecule has 0 radical (unpaired) electrons. The molecule has 0 spiro atoms. The minimum Gasteiger partial charge on any atom is -0.492 e. The van der Waals surface area contributed by atoms with Crippen LogP contribution in [0.15, 0.2) is 42.5 Å². The number of hydrogen-bond acceptors (Lipinski definition) is 7. The predicted molar refractivity (Wildman–Crippen MR) is 157 cm³/mol. The molecule has 3 fully saturated rings. The fourth-order valence-corrected chi connectivity index (χ4v) is 7.10. The fourth-order valence-electron chi connectivity index (χ4n) is 7.10. The first-order valence-electron chi connectivity index (χ1n) is 15.5. The van der Waals surface area contributed by atoms with Crippen LogP contribution in [0.3, 0.4) is 0 Å². The molecule has 0 saturated carbocycles. The molecule has 4 aliphatic heterocycles. The molecule has 3 saturated heterocycles. The van der Waals surface area contributed by atoms with E-state index in [1.54, 1.807) is 23.1 Å². The van der Waals surface area contributed by atoms with Gasteiger partial charge < -0.3 is 14.5 Å². The van der Waals surface area contributed by atoms with Gasteiger partial charge in [0.05, 0.1) is 29.6 Å². The van der Waals surface area contributed by atoms with Crippen molar-refractivity contribution < 1.29 is 37.1 Å². The maximum atomic E-state index is 13.6. The summed E-state index contributed by atoms with van der Waals surface area (Å²) in [6, 6.07) is 11.2. The van der Waals surface area contributed by atoms with Gasteiger partial charge in [0.15, 0.2) is 0 Å². The number of piperidine rings is 2. The van der Waals surface area contributed by atoms with Gasteiger partial charge in [0.1, 0.15) is 18.4 Å². The number of hydrogen-bond donors (Lipinski definition) is 1. The normalized spacial score (nSPS) is 23.2. The van der Waals surface area contributed by atoms with Crippen LogP contribution >= 0.6 is 0 Å². The van der Waals surface area contributed by atoms with Gasteiger partial charge in [-0.15, -0.1) is 0 Å². The number of halogens is 3. The molecule has 2 aromatic rings. The number of alkyl halides is 3. The van der Waals surface area contributed by atoms with E-state index in [4.69, 9.17) is 4.74 Å². The molecule has 4 amide bonds. The molecule has 0 aliphatic carbocycles. The van der Waals surface area contributed by atoms with E-state index in [0.29, 0.717) is 61.3 Å². The summed E-state index contributed by atoms with van der Waals surface area (Å²) in [5.41, 5.74) is -0.0274. The average Bonchev–Trinajstić information content (AvgIpc) is 3.65. The van der Waals surface area contributed by atoms with Crippen LogP contribution in [0.25, 0.3) is 0 Å². The van der Waals surface area contributed by atoms with E-state index in [2.05, 4.69) is 16.3 Å². The monoisotopic (exact) mass is 637 g/mol. The molecule has 0 bridgehead atoms. The Morgan fingerprint density at radius 2 is 1.78 bits per heavy atom. The predicted octanol–water partition coefficient (Wildman–Crippen LogP) is 3.39. The van der Waals surface area contributed by atoms with Crippen molar-refractivity contribution in [3.8, 4) is 11.8 Å². The third kappa shape index (κ3) is 5.93. The molecule has 0 aromatic heterocycles.